The largest absolute Gasteiger partial charge is 0.496 e. The van der Waals surface area contributed by atoms with Crippen molar-refractivity contribution in [3.8, 4) is 5.75 Å². The van der Waals surface area contributed by atoms with E-state index in [4.69, 9.17) is 13.9 Å². The Balaban J connectivity index is 2.26. The van der Waals surface area contributed by atoms with Gasteiger partial charge in [0.05, 0.1) is 13.7 Å². The first kappa shape index (κ1) is 15.1. The Morgan fingerprint density at radius 3 is 2.81 bits per heavy atom. The molecular weight excluding hydrogens is 272 g/mol. The fourth-order valence-corrected chi connectivity index (χ4v) is 2.04. The van der Waals surface area contributed by atoms with Crippen LogP contribution in [-0.4, -0.2) is 19.7 Å². The zero-order valence-corrected chi connectivity index (χ0v) is 12.2. The first-order chi connectivity index (χ1) is 10.2. The zero-order chi connectivity index (χ0) is 15.2. The molecule has 0 saturated carbocycles. The predicted molar refractivity (Wildman–Crippen MR) is 78.8 cm³/mol. The third kappa shape index (κ3) is 3.42. The molecule has 0 aliphatic rings. The smallest absolute Gasteiger partial charge is 0.374 e. The maximum Gasteiger partial charge on any atom is 0.374 e. The third-order valence-corrected chi connectivity index (χ3v) is 3.12. The second kappa shape index (κ2) is 6.92. The van der Waals surface area contributed by atoms with E-state index < -0.39 is 5.97 Å². The minimum Gasteiger partial charge on any atom is -0.496 e. The van der Waals surface area contributed by atoms with E-state index >= 15 is 0 Å². The number of hydrogen-bond donors (Lipinski definition) is 0. The van der Waals surface area contributed by atoms with Crippen molar-refractivity contribution in [2.45, 2.75) is 26.2 Å². The molecular formula is C16H18O5. The molecule has 0 bridgehead atoms. The van der Waals surface area contributed by atoms with E-state index in [9.17, 15) is 9.59 Å². The standard InChI is InChI=1S/C16H18O5/c1-3-4-5-9-20-16(18)14-10-11(17)15-12(19-2)7-6-8-13(15)21-14/h6-8,10H,3-5,9H2,1-2H3. The normalized spacial score (nSPS) is 10.6. The van der Waals surface area contributed by atoms with E-state index in [0.29, 0.717) is 23.3 Å². The molecule has 1 aromatic heterocycles. The second-order valence-corrected chi connectivity index (χ2v) is 4.65. The van der Waals surface area contributed by atoms with Crippen molar-refractivity contribution < 1.29 is 18.7 Å². The number of methoxy groups -OCH3 is 1. The van der Waals surface area contributed by atoms with Crippen LogP contribution in [0.25, 0.3) is 11.0 Å². The van der Waals surface area contributed by atoms with Crippen LogP contribution >= 0.6 is 0 Å². The number of esters is 1. The van der Waals surface area contributed by atoms with Gasteiger partial charge < -0.3 is 13.9 Å². The van der Waals surface area contributed by atoms with E-state index in [1.165, 1.54) is 7.11 Å². The number of unbranched alkanes of at least 4 members (excludes halogenated alkanes) is 2. The first-order valence-corrected chi connectivity index (χ1v) is 6.95. The molecule has 0 amide bonds. The molecule has 1 heterocycles. The van der Waals surface area contributed by atoms with Gasteiger partial charge in [-0.05, 0) is 18.6 Å². The molecule has 0 aliphatic carbocycles. The van der Waals surface area contributed by atoms with Gasteiger partial charge in [-0.1, -0.05) is 25.8 Å². The van der Waals surface area contributed by atoms with Crippen molar-refractivity contribution >= 4 is 16.9 Å². The Labute approximate surface area is 122 Å². The second-order valence-electron chi connectivity index (χ2n) is 4.65. The molecule has 2 aromatic rings. The van der Waals surface area contributed by atoms with Gasteiger partial charge in [0, 0.05) is 6.07 Å². The number of rotatable bonds is 6. The molecule has 21 heavy (non-hydrogen) atoms. The van der Waals surface area contributed by atoms with Crippen LogP contribution < -0.4 is 10.2 Å². The van der Waals surface area contributed by atoms with Crippen LogP contribution in [0.5, 0.6) is 5.75 Å². The topological polar surface area (TPSA) is 65.7 Å². The van der Waals surface area contributed by atoms with Crippen molar-refractivity contribution in [3.05, 3.63) is 40.2 Å². The fourth-order valence-electron chi connectivity index (χ4n) is 2.04. The monoisotopic (exact) mass is 290 g/mol. The van der Waals surface area contributed by atoms with Gasteiger partial charge in [-0.15, -0.1) is 0 Å². The highest BCUT2D eigenvalue weighted by molar-refractivity contribution is 5.90. The summed E-state index contributed by atoms with van der Waals surface area (Å²) in [6.45, 7) is 2.39. The van der Waals surface area contributed by atoms with Crippen LogP contribution in [0.4, 0.5) is 0 Å². The summed E-state index contributed by atoms with van der Waals surface area (Å²) in [6.07, 6.45) is 2.84. The van der Waals surface area contributed by atoms with Crippen LogP contribution in [0.3, 0.4) is 0 Å². The number of carbonyl (C=O) groups is 1. The molecule has 2 rings (SSSR count). The molecule has 0 unspecified atom stereocenters. The van der Waals surface area contributed by atoms with Crippen LogP contribution in [0.15, 0.2) is 33.5 Å². The van der Waals surface area contributed by atoms with Gasteiger partial charge >= 0.3 is 5.97 Å². The summed E-state index contributed by atoms with van der Waals surface area (Å²) in [5.74, 6) is -0.283. The number of fused-ring (bicyclic) bond motifs is 1. The van der Waals surface area contributed by atoms with Crippen LogP contribution in [0.2, 0.25) is 0 Å². The molecule has 112 valence electrons. The lowest BCUT2D eigenvalue weighted by atomic mass is 10.2. The Hall–Kier alpha value is -2.30. The SMILES string of the molecule is CCCCCOC(=O)c1cc(=O)c2c(OC)cccc2o1. The highest BCUT2D eigenvalue weighted by Gasteiger charge is 2.15. The predicted octanol–water partition coefficient (Wildman–Crippen LogP) is 3.15. The summed E-state index contributed by atoms with van der Waals surface area (Å²) < 4.78 is 15.7. The number of ether oxygens (including phenoxy) is 2. The highest BCUT2D eigenvalue weighted by atomic mass is 16.5. The molecule has 0 fully saturated rings. The first-order valence-electron chi connectivity index (χ1n) is 6.95. The summed E-state index contributed by atoms with van der Waals surface area (Å²) in [5, 5.41) is 0.322. The van der Waals surface area contributed by atoms with Gasteiger partial charge in [0.1, 0.15) is 16.7 Å². The maximum absolute atomic E-state index is 12.1. The van der Waals surface area contributed by atoms with E-state index in [1.54, 1.807) is 18.2 Å². The molecule has 0 radical (unpaired) electrons. The Kier molecular flexibility index (Phi) is 4.98. The van der Waals surface area contributed by atoms with Crippen molar-refractivity contribution in [1.82, 2.24) is 0 Å². The van der Waals surface area contributed by atoms with Crippen LogP contribution in [-0.2, 0) is 4.74 Å². The van der Waals surface area contributed by atoms with Crippen molar-refractivity contribution in [1.29, 1.82) is 0 Å². The number of benzene rings is 1. The van der Waals surface area contributed by atoms with E-state index in [1.807, 2.05) is 0 Å². The van der Waals surface area contributed by atoms with Crippen LogP contribution in [0.1, 0.15) is 36.7 Å². The summed E-state index contributed by atoms with van der Waals surface area (Å²) in [4.78, 5) is 24.0. The molecule has 0 aliphatic heterocycles. The van der Waals surface area contributed by atoms with E-state index in [2.05, 4.69) is 6.92 Å². The van der Waals surface area contributed by atoms with Crippen molar-refractivity contribution in [3.63, 3.8) is 0 Å². The lowest BCUT2D eigenvalue weighted by Crippen LogP contribution is -2.11. The molecule has 5 nitrogen and oxygen atoms in total. The van der Waals surface area contributed by atoms with Crippen molar-refractivity contribution in [2.75, 3.05) is 13.7 Å². The van der Waals surface area contributed by atoms with E-state index in [-0.39, 0.29) is 11.2 Å². The molecule has 1 aromatic carbocycles. The third-order valence-electron chi connectivity index (χ3n) is 3.12. The van der Waals surface area contributed by atoms with Gasteiger partial charge in [0.25, 0.3) is 0 Å². The van der Waals surface area contributed by atoms with Gasteiger partial charge in [-0.3, -0.25) is 4.79 Å². The van der Waals surface area contributed by atoms with E-state index in [0.717, 1.165) is 25.3 Å². The lowest BCUT2D eigenvalue weighted by Gasteiger charge is -2.06. The molecule has 0 saturated heterocycles. The fraction of sp³-hybridized carbons (Fsp3) is 0.375. The number of hydrogen-bond acceptors (Lipinski definition) is 5. The van der Waals surface area contributed by atoms with Gasteiger partial charge in [-0.25, -0.2) is 4.79 Å². The van der Waals surface area contributed by atoms with Crippen LogP contribution in [0, 0.1) is 0 Å². The summed E-state index contributed by atoms with van der Waals surface area (Å²) in [7, 11) is 1.48. The van der Waals surface area contributed by atoms with Gasteiger partial charge in [-0.2, -0.15) is 0 Å². The minimum absolute atomic E-state index is 0.0859. The quantitative estimate of drug-likeness (QED) is 0.604. The average Bonchev–Trinajstić information content (AvgIpc) is 2.50. The Bertz CT molecular complexity index is 687. The van der Waals surface area contributed by atoms with Crippen molar-refractivity contribution in [2.24, 2.45) is 0 Å². The summed E-state index contributed by atoms with van der Waals surface area (Å²) in [6, 6.07) is 6.13. The van der Waals surface area contributed by atoms with Gasteiger partial charge in [0.15, 0.2) is 5.43 Å². The molecule has 0 spiro atoms. The minimum atomic E-state index is -0.618. The maximum atomic E-state index is 12.1. The zero-order valence-electron chi connectivity index (χ0n) is 12.2. The average molecular weight is 290 g/mol. The molecule has 0 atom stereocenters. The van der Waals surface area contributed by atoms with Gasteiger partial charge in [0.2, 0.25) is 5.76 Å². The summed E-state index contributed by atoms with van der Waals surface area (Å²) in [5.41, 5.74) is -0.0171. The molecule has 0 N–H and O–H groups in total. The molecule has 5 heteroatoms. The highest BCUT2D eigenvalue weighted by Crippen LogP contribution is 2.23. The Morgan fingerprint density at radius 1 is 1.29 bits per heavy atom. The lowest BCUT2D eigenvalue weighted by molar-refractivity contribution is 0.0462. The number of carbonyl (C=O) groups excluding carboxylic acids is 1. The Morgan fingerprint density at radius 2 is 2.10 bits per heavy atom. The summed E-state index contributed by atoms with van der Waals surface area (Å²) >= 11 is 0.